The molecule has 1 aromatic heterocycles. The van der Waals surface area contributed by atoms with E-state index < -0.39 is 0 Å². The molecule has 5 nitrogen and oxygen atoms in total. The lowest BCUT2D eigenvalue weighted by Gasteiger charge is -2.15. The van der Waals surface area contributed by atoms with E-state index in [0.29, 0.717) is 17.8 Å². The topological polar surface area (TPSA) is 72.9 Å². The number of hydrogen-bond acceptors (Lipinski definition) is 3. The van der Waals surface area contributed by atoms with Gasteiger partial charge in [-0.05, 0) is 31.5 Å². The van der Waals surface area contributed by atoms with Crippen LogP contribution in [0.5, 0.6) is 0 Å². The summed E-state index contributed by atoms with van der Waals surface area (Å²) < 4.78 is 1.93. The Bertz CT molecular complexity index is 572. The number of nitrogens with two attached hydrogens (primary N) is 1. The van der Waals surface area contributed by atoms with Crippen molar-refractivity contribution in [3.8, 4) is 0 Å². The molecule has 1 amide bonds. The number of carbonyl (C=O) groups excluding carboxylic acids is 1. The molecule has 0 radical (unpaired) electrons. The first-order valence-electron chi connectivity index (χ1n) is 6.19. The van der Waals surface area contributed by atoms with Gasteiger partial charge in [-0.1, -0.05) is 6.07 Å². The van der Waals surface area contributed by atoms with Crippen molar-refractivity contribution in [3.63, 3.8) is 0 Å². The molecule has 7 heteroatoms. The summed E-state index contributed by atoms with van der Waals surface area (Å²) in [4.78, 5) is 16.1. The monoisotopic (exact) mass is 330 g/mol. The summed E-state index contributed by atoms with van der Waals surface area (Å²) in [5.41, 5.74) is 7.85. The Morgan fingerprint density at radius 1 is 1.43 bits per heavy atom. The molecule has 1 heterocycles. The predicted octanol–water partition coefficient (Wildman–Crippen LogP) is 2.44. The minimum absolute atomic E-state index is 0. The Labute approximate surface area is 136 Å². The molecule has 0 spiro atoms. The number of carbonyl (C=O) groups is 1. The number of hydrogen-bond donors (Lipinski definition) is 2. The summed E-state index contributed by atoms with van der Waals surface area (Å²) in [5.74, 6) is -0.0996. The molecule has 0 bridgehead atoms. The third-order valence-electron chi connectivity index (χ3n) is 2.93. The first-order valence-corrected chi connectivity index (χ1v) is 6.19. The lowest BCUT2D eigenvalue weighted by molar-refractivity contribution is 0.0936. The highest BCUT2D eigenvalue weighted by Gasteiger charge is 2.12. The summed E-state index contributed by atoms with van der Waals surface area (Å²) in [6.45, 7) is 4.54. The second-order valence-corrected chi connectivity index (χ2v) is 4.71. The van der Waals surface area contributed by atoms with Crippen LogP contribution in [0.2, 0.25) is 0 Å². The highest BCUT2D eigenvalue weighted by atomic mass is 35.5. The number of amides is 1. The number of nitrogen functional groups attached to an aromatic ring is 1. The molecule has 0 aliphatic heterocycles. The van der Waals surface area contributed by atoms with Gasteiger partial charge in [0.05, 0.1) is 6.33 Å². The van der Waals surface area contributed by atoms with Crippen LogP contribution in [-0.4, -0.2) is 21.5 Å². The number of anilines is 1. The fraction of sp³-hybridized carbons (Fsp3) is 0.286. The first kappa shape index (κ1) is 19.3. The van der Waals surface area contributed by atoms with Crippen molar-refractivity contribution in [2.75, 3.05) is 5.73 Å². The van der Waals surface area contributed by atoms with Gasteiger partial charge < -0.3 is 15.6 Å². The van der Waals surface area contributed by atoms with Crippen LogP contribution in [0.15, 0.2) is 36.9 Å². The van der Waals surface area contributed by atoms with Crippen LogP contribution in [0.1, 0.15) is 22.8 Å². The number of nitrogens with zero attached hydrogens (tertiary/aromatic N) is 2. The third kappa shape index (κ3) is 5.28. The van der Waals surface area contributed by atoms with Gasteiger partial charge >= 0.3 is 0 Å². The van der Waals surface area contributed by atoms with Crippen LogP contribution in [0.4, 0.5) is 5.69 Å². The van der Waals surface area contributed by atoms with E-state index in [-0.39, 0.29) is 36.8 Å². The SMILES string of the molecule is Cc1ccc(N)cc1C(=O)NC(C)Cn1ccnc1.Cl.Cl. The van der Waals surface area contributed by atoms with E-state index in [1.54, 1.807) is 24.7 Å². The Kier molecular flexibility index (Phi) is 7.84. The van der Waals surface area contributed by atoms with Gasteiger partial charge in [0, 0.05) is 36.2 Å². The van der Waals surface area contributed by atoms with Crippen LogP contribution in [-0.2, 0) is 6.54 Å². The maximum absolute atomic E-state index is 12.2. The summed E-state index contributed by atoms with van der Waals surface area (Å²) in [7, 11) is 0. The van der Waals surface area contributed by atoms with Crippen molar-refractivity contribution in [3.05, 3.63) is 48.0 Å². The Morgan fingerprint density at radius 3 is 2.76 bits per heavy atom. The largest absolute Gasteiger partial charge is 0.399 e. The lowest BCUT2D eigenvalue weighted by Crippen LogP contribution is -2.35. The van der Waals surface area contributed by atoms with E-state index >= 15 is 0 Å². The molecule has 3 N–H and O–H groups in total. The highest BCUT2D eigenvalue weighted by molar-refractivity contribution is 5.96. The first-order chi connectivity index (χ1) is 9.06. The van der Waals surface area contributed by atoms with E-state index in [1.165, 1.54) is 0 Å². The molecular weight excluding hydrogens is 311 g/mol. The number of nitrogens with one attached hydrogen (secondary N) is 1. The minimum Gasteiger partial charge on any atom is -0.399 e. The van der Waals surface area contributed by atoms with Crippen LogP contribution >= 0.6 is 24.8 Å². The fourth-order valence-electron chi connectivity index (χ4n) is 1.94. The number of halogens is 2. The third-order valence-corrected chi connectivity index (χ3v) is 2.93. The standard InChI is InChI=1S/C14H18N4O.2ClH/c1-10-3-4-12(15)7-13(10)14(19)17-11(2)8-18-6-5-16-9-18;;/h3-7,9,11H,8,15H2,1-2H3,(H,17,19);2*1H. The lowest BCUT2D eigenvalue weighted by atomic mass is 10.1. The van der Waals surface area contributed by atoms with E-state index in [9.17, 15) is 4.79 Å². The normalized spacial score (nSPS) is 11.0. The van der Waals surface area contributed by atoms with Gasteiger partial charge in [-0.2, -0.15) is 0 Å². The van der Waals surface area contributed by atoms with Gasteiger partial charge in [0.1, 0.15) is 0 Å². The Hall–Kier alpha value is -1.72. The molecule has 1 unspecified atom stereocenters. The van der Waals surface area contributed by atoms with Gasteiger partial charge in [-0.15, -0.1) is 24.8 Å². The highest BCUT2D eigenvalue weighted by Crippen LogP contribution is 2.12. The van der Waals surface area contributed by atoms with Crippen LogP contribution in [0, 0.1) is 6.92 Å². The number of benzene rings is 1. The average molecular weight is 331 g/mol. The van der Waals surface area contributed by atoms with Gasteiger partial charge in [0.2, 0.25) is 0 Å². The van der Waals surface area contributed by atoms with Crippen molar-refractivity contribution in [1.29, 1.82) is 0 Å². The minimum atomic E-state index is -0.0996. The number of rotatable bonds is 4. The number of aromatic nitrogens is 2. The van der Waals surface area contributed by atoms with Gasteiger partial charge in [0.25, 0.3) is 5.91 Å². The van der Waals surface area contributed by atoms with Crippen molar-refractivity contribution in [2.24, 2.45) is 0 Å². The second-order valence-electron chi connectivity index (χ2n) is 4.71. The van der Waals surface area contributed by atoms with Gasteiger partial charge in [-0.3, -0.25) is 4.79 Å². The molecule has 1 aromatic carbocycles. The molecule has 2 rings (SSSR count). The van der Waals surface area contributed by atoms with E-state index in [2.05, 4.69) is 10.3 Å². The van der Waals surface area contributed by atoms with Crippen molar-refractivity contribution < 1.29 is 4.79 Å². The van der Waals surface area contributed by atoms with E-state index in [0.717, 1.165) is 5.56 Å². The van der Waals surface area contributed by atoms with E-state index in [1.807, 2.05) is 30.7 Å². The Balaban J connectivity index is 0.00000200. The molecule has 0 saturated carbocycles. The van der Waals surface area contributed by atoms with Gasteiger partial charge in [0.15, 0.2) is 0 Å². The number of aryl methyl sites for hydroxylation is 1. The summed E-state index contributed by atoms with van der Waals surface area (Å²) >= 11 is 0. The zero-order valence-corrected chi connectivity index (χ0v) is 13.6. The average Bonchev–Trinajstić information content (AvgIpc) is 2.84. The molecule has 0 aliphatic rings. The van der Waals surface area contributed by atoms with Crippen LogP contribution < -0.4 is 11.1 Å². The summed E-state index contributed by atoms with van der Waals surface area (Å²) in [5, 5.41) is 2.96. The molecule has 2 aromatic rings. The molecule has 21 heavy (non-hydrogen) atoms. The van der Waals surface area contributed by atoms with Crippen LogP contribution in [0.3, 0.4) is 0 Å². The zero-order valence-electron chi connectivity index (χ0n) is 11.9. The van der Waals surface area contributed by atoms with Crippen molar-refractivity contribution in [1.82, 2.24) is 14.9 Å². The molecule has 1 atom stereocenters. The second kappa shape index (κ2) is 8.54. The molecule has 0 aliphatic carbocycles. The summed E-state index contributed by atoms with van der Waals surface area (Å²) in [6.07, 6.45) is 5.32. The molecular formula is C14H20Cl2N4O. The smallest absolute Gasteiger partial charge is 0.251 e. The zero-order chi connectivity index (χ0) is 13.8. The quantitative estimate of drug-likeness (QED) is 0.845. The maximum atomic E-state index is 12.2. The van der Waals surface area contributed by atoms with Crippen LogP contribution in [0.25, 0.3) is 0 Å². The molecule has 0 saturated heterocycles. The predicted molar refractivity (Wildman–Crippen MR) is 89.2 cm³/mol. The molecule has 116 valence electrons. The van der Waals surface area contributed by atoms with E-state index in [4.69, 9.17) is 5.73 Å². The fourth-order valence-corrected chi connectivity index (χ4v) is 1.94. The summed E-state index contributed by atoms with van der Waals surface area (Å²) in [6, 6.07) is 5.36. The van der Waals surface area contributed by atoms with Gasteiger partial charge in [-0.25, -0.2) is 4.98 Å². The number of imidazole rings is 1. The van der Waals surface area contributed by atoms with Crippen molar-refractivity contribution in [2.45, 2.75) is 26.4 Å². The maximum Gasteiger partial charge on any atom is 0.251 e. The molecule has 0 fully saturated rings. The Morgan fingerprint density at radius 2 is 2.14 bits per heavy atom. The van der Waals surface area contributed by atoms with Crippen molar-refractivity contribution >= 4 is 36.4 Å².